The molecule has 2 rings (SSSR count). The highest BCUT2D eigenvalue weighted by Gasteiger charge is 2.37. The maximum absolute atomic E-state index is 9.63. The van der Waals surface area contributed by atoms with E-state index in [9.17, 15) is 5.11 Å². The van der Waals surface area contributed by atoms with Gasteiger partial charge in [0.1, 0.15) is 12.1 Å². The lowest BCUT2D eigenvalue weighted by Crippen LogP contribution is -2.60. The molecule has 0 bridgehead atoms. The fourth-order valence-electron chi connectivity index (χ4n) is 1.89. The van der Waals surface area contributed by atoms with Crippen LogP contribution in [0.15, 0.2) is 12.4 Å². The number of nitrogens with zero attached hydrogens (tertiary/aromatic N) is 3. The predicted molar refractivity (Wildman–Crippen MR) is 58.9 cm³/mol. The van der Waals surface area contributed by atoms with Crippen molar-refractivity contribution < 1.29 is 5.11 Å². The molecular formula is C11H17N3O. The molecule has 0 unspecified atom stereocenters. The number of hydrogen-bond acceptors (Lipinski definition) is 4. The molecule has 82 valence electrons. The summed E-state index contributed by atoms with van der Waals surface area (Å²) in [6.45, 7) is 5.30. The van der Waals surface area contributed by atoms with Crippen LogP contribution in [0.1, 0.15) is 26.0 Å². The normalized spacial score (nSPS) is 18.7. The van der Waals surface area contributed by atoms with Gasteiger partial charge >= 0.3 is 0 Å². The van der Waals surface area contributed by atoms with Gasteiger partial charge in [-0.1, -0.05) is 13.3 Å². The van der Waals surface area contributed by atoms with E-state index in [2.05, 4.69) is 21.8 Å². The second-order valence-electron chi connectivity index (χ2n) is 4.47. The summed E-state index contributed by atoms with van der Waals surface area (Å²) in [7, 11) is 0. The third-order valence-electron chi connectivity index (χ3n) is 2.60. The third kappa shape index (κ3) is 2.26. The number of aromatic nitrogens is 2. The van der Waals surface area contributed by atoms with Crippen LogP contribution in [0.25, 0.3) is 0 Å². The van der Waals surface area contributed by atoms with Crippen LogP contribution < -0.4 is 4.90 Å². The molecule has 1 N–H and O–H groups in total. The van der Waals surface area contributed by atoms with E-state index in [1.54, 1.807) is 6.33 Å². The maximum atomic E-state index is 9.63. The molecule has 1 saturated heterocycles. The van der Waals surface area contributed by atoms with E-state index in [4.69, 9.17) is 0 Å². The first-order chi connectivity index (χ1) is 7.11. The van der Waals surface area contributed by atoms with Gasteiger partial charge in [0.15, 0.2) is 0 Å². The Labute approximate surface area is 90.0 Å². The standard InChI is InChI=1S/C11H17N3O/c1-3-4-9-5-10(13-8-12-9)14-6-11(2,15)7-14/h5,8,15H,3-4,6-7H2,1-2H3. The van der Waals surface area contributed by atoms with Gasteiger partial charge in [-0.15, -0.1) is 0 Å². The van der Waals surface area contributed by atoms with E-state index in [1.807, 2.05) is 13.0 Å². The Kier molecular flexibility index (Phi) is 2.61. The number of anilines is 1. The maximum Gasteiger partial charge on any atom is 0.132 e. The fraction of sp³-hybridized carbons (Fsp3) is 0.636. The van der Waals surface area contributed by atoms with Crippen molar-refractivity contribution in [2.75, 3.05) is 18.0 Å². The molecule has 0 saturated carbocycles. The van der Waals surface area contributed by atoms with Gasteiger partial charge in [-0.2, -0.15) is 0 Å². The molecular weight excluding hydrogens is 190 g/mol. The number of aliphatic hydroxyl groups is 1. The summed E-state index contributed by atoms with van der Waals surface area (Å²) in [5, 5.41) is 9.63. The molecule has 0 spiro atoms. The van der Waals surface area contributed by atoms with Crippen molar-refractivity contribution in [3.05, 3.63) is 18.1 Å². The molecule has 1 aliphatic heterocycles. The molecule has 1 aromatic rings. The topological polar surface area (TPSA) is 49.2 Å². The summed E-state index contributed by atoms with van der Waals surface area (Å²) in [6.07, 6.45) is 3.68. The van der Waals surface area contributed by atoms with Crippen LogP contribution in [0.4, 0.5) is 5.82 Å². The molecule has 0 aliphatic carbocycles. The van der Waals surface area contributed by atoms with Gasteiger partial charge in [0.25, 0.3) is 0 Å². The quantitative estimate of drug-likeness (QED) is 0.803. The predicted octanol–water partition coefficient (Wildman–Crippen LogP) is 1.00. The summed E-state index contributed by atoms with van der Waals surface area (Å²) in [6, 6.07) is 2.01. The van der Waals surface area contributed by atoms with Crippen LogP contribution in [0, 0.1) is 0 Å². The van der Waals surface area contributed by atoms with Gasteiger partial charge in [-0.05, 0) is 13.3 Å². The van der Waals surface area contributed by atoms with Crippen molar-refractivity contribution in [3.8, 4) is 0 Å². The summed E-state index contributed by atoms with van der Waals surface area (Å²) in [5.41, 5.74) is 0.532. The van der Waals surface area contributed by atoms with Crippen LogP contribution in [-0.2, 0) is 6.42 Å². The molecule has 1 aromatic heterocycles. The highest BCUT2D eigenvalue weighted by molar-refractivity contribution is 5.43. The van der Waals surface area contributed by atoms with E-state index < -0.39 is 5.60 Å². The van der Waals surface area contributed by atoms with Crippen LogP contribution in [0.2, 0.25) is 0 Å². The van der Waals surface area contributed by atoms with Crippen LogP contribution >= 0.6 is 0 Å². The van der Waals surface area contributed by atoms with E-state index in [0.29, 0.717) is 13.1 Å². The fourth-order valence-corrected chi connectivity index (χ4v) is 1.89. The molecule has 0 atom stereocenters. The highest BCUT2D eigenvalue weighted by Crippen LogP contribution is 2.25. The average molecular weight is 207 g/mol. The summed E-state index contributed by atoms with van der Waals surface area (Å²) >= 11 is 0. The van der Waals surface area contributed by atoms with Gasteiger partial charge in [-0.3, -0.25) is 0 Å². The molecule has 4 heteroatoms. The number of β-amino-alcohol motifs (C(OH)–C–C–N with tert-alkyl or cyclic N) is 1. The number of rotatable bonds is 3. The van der Waals surface area contributed by atoms with E-state index in [0.717, 1.165) is 24.4 Å². The first-order valence-electron chi connectivity index (χ1n) is 5.39. The zero-order valence-corrected chi connectivity index (χ0v) is 9.27. The van der Waals surface area contributed by atoms with Crippen LogP contribution in [-0.4, -0.2) is 33.8 Å². The highest BCUT2D eigenvalue weighted by atomic mass is 16.3. The molecule has 2 heterocycles. The second-order valence-corrected chi connectivity index (χ2v) is 4.47. The molecule has 0 amide bonds. The summed E-state index contributed by atoms with van der Waals surface area (Å²) < 4.78 is 0. The Morgan fingerprint density at radius 3 is 2.80 bits per heavy atom. The second kappa shape index (κ2) is 3.77. The van der Waals surface area contributed by atoms with Crippen molar-refractivity contribution in [2.24, 2.45) is 0 Å². The van der Waals surface area contributed by atoms with Crippen LogP contribution in [0.3, 0.4) is 0 Å². The van der Waals surface area contributed by atoms with Crippen molar-refractivity contribution in [2.45, 2.75) is 32.3 Å². The zero-order valence-electron chi connectivity index (χ0n) is 9.27. The van der Waals surface area contributed by atoms with E-state index >= 15 is 0 Å². The van der Waals surface area contributed by atoms with E-state index in [-0.39, 0.29) is 0 Å². The molecule has 1 fully saturated rings. The van der Waals surface area contributed by atoms with E-state index in [1.165, 1.54) is 0 Å². The summed E-state index contributed by atoms with van der Waals surface area (Å²) in [4.78, 5) is 10.5. The minimum atomic E-state index is -0.546. The number of hydrogen-bond donors (Lipinski definition) is 1. The smallest absolute Gasteiger partial charge is 0.132 e. The van der Waals surface area contributed by atoms with Gasteiger partial charge in [0.05, 0.1) is 5.60 Å². The minimum Gasteiger partial charge on any atom is -0.386 e. The van der Waals surface area contributed by atoms with Crippen molar-refractivity contribution in [1.29, 1.82) is 0 Å². The van der Waals surface area contributed by atoms with Gasteiger partial charge in [-0.25, -0.2) is 9.97 Å². The Bertz CT molecular complexity index is 343. The lowest BCUT2D eigenvalue weighted by molar-refractivity contribution is 0.0305. The minimum absolute atomic E-state index is 0.546. The van der Waals surface area contributed by atoms with Gasteiger partial charge in [0, 0.05) is 24.8 Å². The van der Waals surface area contributed by atoms with Crippen molar-refractivity contribution in [1.82, 2.24) is 9.97 Å². The van der Waals surface area contributed by atoms with Gasteiger partial charge in [0.2, 0.25) is 0 Å². The van der Waals surface area contributed by atoms with Crippen molar-refractivity contribution >= 4 is 5.82 Å². The van der Waals surface area contributed by atoms with Gasteiger partial charge < -0.3 is 10.0 Å². The molecule has 0 radical (unpaired) electrons. The lowest BCUT2D eigenvalue weighted by Gasteiger charge is -2.44. The third-order valence-corrected chi connectivity index (χ3v) is 2.60. The molecule has 0 aromatic carbocycles. The number of aryl methyl sites for hydroxylation is 1. The Balaban J connectivity index is 2.06. The Hall–Kier alpha value is -1.16. The Morgan fingerprint density at radius 1 is 1.47 bits per heavy atom. The van der Waals surface area contributed by atoms with Crippen LogP contribution in [0.5, 0.6) is 0 Å². The lowest BCUT2D eigenvalue weighted by atomic mass is 9.97. The average Bonchev–Trinajstić information content (AvgIpc) is 2.15. The monoisotopic (exact) mass is 207 g/mol. The zero-order chi connectivity index (χ0) is 10.9. The first kappa shape index (κ1) is 10.4. The summed E-state index contributed by atoms with van der Waals surface area (Å²) in [5.74, 6) is 0.931. The molecule has 1 aliphatic rings. The molecule has 4 nitrogen and oxygen atoms in total. The molecule has 15 heavy (non-hydrogen) atoms. The first-order valence-corrected chi connectivity index (χ1v) is 5.39. The van der Waals surface area contributed by atoms with Crippen molar-refractivity contribution in [3.63, 3.8) is 0 Å². The Morgan fingerprint density at radius 2 is 2.20 bits per heavy atom. The largest absolute Gasteiger partial charge is 0.386 e. The SMILES string of the molecule is CCCc1cc(N2CC(C)(O)C2)ncn1.